The van der Waals surface area contributed by atoms with E-state index >= 15 is 0 Å². The van der Waals surface area contributed by atoms with Gasteiger partial charge in [-0.25, -0.2) is 9.97 Å². The minimum Gasteiger partial charge on any atom is -0.355 e. The van der Waals surface area contributed by atoms with Crippen LogP contribution >= 0.6 is 0 Å². The van der Waals surface area contributed by atoms with E-state index in [1.54, 1.807) is 0 Å². The number of hydrogen-bond donors (Lipinski definition) is 2. The molecule has 0 atom stereocenters. The van der Waals surface area contributed by atoms with Crippen molar-refractivity contribution in [3.05, 3.63) is 119 Å². The van der Waals surface area contributed by atoms with Crippen LogP contribution in [0.2, 0.25) is 0 Å². The molecule has 0 saturated heterocycles. The van der Waals surface area contributed by atoms with Gasteiger partial charge in [0, 0.05) is 44.3 Å². The van der Waals surface area contributed by atoms with Crippen LogP contribution in [0.15, 0.2) is 97.1 Å². The van der Waals surface area contributed by atoms with Gasteiger partial charge in [-0.05, 0) is 108 Å². The van der Waals surface area contributed by atoms with Gasteiger partial charge in [0.1, 0.15) is 0 Å². The van der Waals surface area contributed by atoms with Crippen molar-refractivity contribution in [2.45, 2.75) is 66.2 Å². The molecular weight excluding hydrogens is 609 g/mol. The summed E-state index contributed by atoms with van der Waals surface area (Å²) in [6.07, 6.45) is 6.70. The first kappa shape index (κ1) is 30.6. The number of H-pyrrole nitrogens is 2. The van der Waals surface area contributed by atoms with E-state index in [0.29, 0.717) is 0 Å². The smallest absolute Gasteiger partial charge is 0.0744 e. The third kappa shape index (κ3) is 4.88. The summed E-state index contributed by atoms with van der Waals surface area (Å²) in [5, 5.41) is 4.85. The van der Waals surface area contributed by atoms with Gasteiger partial charge in [-0.3, -0.25) is 0 Å². The lowest BCUT2D eigenvalue weighted by Gasteiger charge is -2.07. The Morgan fingerprint density at radius 2 is 0.940 bits per heavy atom. The van der Waals surface area contributed by atoms with E-state index in [1.807, 2.05) is 0 Å². The predicted octanol–water partition coefficient (Wildman–Crippen LogP) is 12.6. The minimum atomic E-state index is 0.955. The average Bonchev–Trinajstić information content (AvgIpc) is 3.84. The van der Waals surface area contributed by atoms with E-state index in [0.717, 1.165) is 83.5 Å². The van der Waals surface area contributed by atoms with Gasteiger partial charge in [0.25, 0.3) is 0 Å². The Labute approximate surface area is 293 Å². The van der Waals surface area contributed by atoms with Gasteiger partial charge in [-0.15, -0.1) is 0 Å². The fraction of sp³-hybridized carbons (Fsp3) is 0.217. The summed E-state index contributed by atoms with van der Waals surface area (Å²) >= 11 is 0. The lowest BCUT2D eigenvalue weighted by Crippen LogP contribution is -1.87. The van der Waals surface area contributed by atoms with Gasteiger partial charge >= 0.3 is 0 Å². The molecule has 4 heteroatoms. The molecule has 2 aliphatic heterocycles. The van der Waals surface area contributed by atoms with Crippen molar-refractivity contribution < 1.29 is 0 Å². The van der Waals surface area contributed by atoms with Crippen LogP contribution in [0.3, 0.4) is 0 Å². The van der Waals surface area contributed by atoms with Gasteiger partial charge in [-0.2, -0.15) is 0 Å². The second kappa shape index (κ2) is 12.1. The van der Waals surface area contributed by atoms with E-state index in [9.17, 15) is 0 Å². The van der Waals surface area contributed by atoms with Gasteiger partial charge in [0.05, 0.1) is 22.8 Å². The predicted molar refractivity (Wildman–Crippen MR) is 212 cm³/mol. The standard InChI is InChI=1S/C46H42N4/c1-5-7-15-31-27(3)37-23-41-35-21-19-29-13-9-11-17-33(29)45(35)43(49-41)26-44-46-34-18-12-10-14-30(34)20-22-36(46)42(50-44)24-38-28(4)32(16-8-6-2)40(48-38)25-39(31)47-37/h9-14,17-26,47-48H,5-8,15-16H2,1-4H3. The molecule has 0 aliphatic carbocycles. The van der Waals surface area contributed by atoms with Gasteiger partial charge in [0.2, 0.25) is 0 Å². The highest BCUT2D eigenvalue weighted by Crippen LogP contribution is 2.45. The maximum Gasteiger partial charge on any atom is 0.0744 e. The van der Waals surface area contributed by atoms with Crippen LogP contribution in [0, 0.1) is 13.8 Å². The number of unbranched alkanes of at least 4 members (excludes halogenated alkanes) is 2. The fourth-order valence-electron chi connectivity index (χ4n) is 8.23. The van der Waals surface area contributed by atoms with Crippen molar-refractivity contribution in [3.8, 4) is 45.0 Å². The van der Waals surface area contributed by atoms with Crippen LogP contribution in [0.4, 0.5) is 0 Å². The maximum atomic E-state index is 5.43. The first-order valence-electron chi connectivity index (χ1n) is 18.3. The minimum absolute atomic E-state index is 0.955. The molecular formula is C46H42N4. The third-order valence-electron chi connectivity index (χ3n) is 11.0. The molecule has 2 aliphatic rings. The lowest BCUT2D eigenvalue weighted by atomic mass is 9.94. The zero-order valence-corrected chi connectivity index (χ0v) is 29.4. The topological polar surface area (TPSA) is 57.4 Å². The first-order valence-corrected chi connectivity index (χ1v) is 18.3. The van der Waals surface area contributed by atoms with Crippen molar-refractivity contribution >= 4 is 43.6 Å². The SMILES string of the molecule is CCCCc1c(C)c2cc3nc(cc4nc(cc5[nH]c(cc1[nH]2)c(CCCC)c5C)-c1ccc2ccccc2c1-4)-c1c-3ccc2ccccc12. The highest BCUT2D eigenvalue weighted by molar-refractivity contribution is 6.08. The van der Waals surface area contributed by atoms with Crippen LogP contribution in [0.1, 0.15) is 61.8 Å². The van der Waals surface area contributed by atoms with Crippen molar-refractivity contribution in [2.24, 2.45) is 0 Å². The average molecular weight is 651 g/mol. The molecule has 0 radical (unpaired) electrons. The Kier molecular flexibility index (Phi) is 7.42. The molecule has 0 spiro atoms. The van der Waals surface area contributed by atoms with Crippen molar-refractivity contribution in [1.29, 1.82) is 0 Å². The molecule has 9 rings (SSSR count). The molecule has 0 saturated carbocycles. The summed E-state index contributed by atoms with van der Waals surface area (Å²) in [5.74, 6) is 0. The maximum absolute atomic E-state index is 5.43. The molecule has 5 heterocycles. The quantitative estimate of drug-likeness (QED) is 0.188. The molecule has 0 amide bonds. The van der Waals surface area contributed by atoms with Gasteiger partial charge in [0.15, 0.2) is 0 Å². The summed E-state index contributed by atoms with van der Waals surface area (Å²) in [6.45, 7) is 9.10. The monoisotopic (exact) mass is 650 g/mol. The first-order chi connectivity index (χ1) is 24.5. The summed E-state index contributed by atoms with van der Waals surface area (Å²) in [6, 6.07) is 35.5. The summed E-state index contributed by atoms with van der Waals surface area (Å²) in [4.78, 5) is 18.6. The normalized spacial score (nSPS) is 12.1. The van der Waals surface area contributed by atoms with E-state index in [4.69, 9.17) is 9.97 Å². The molecule has 4 aromatic carbocycles. The van der Waals surface area contributed by atoms with E-state index in [1.165, 1.54) is 66.0 Å². The molecule has 0 fully saturated rings. The zero-order valence-electron chi connectivity index (χ0n) is 29.4. The van der Waals surface area contributed by atoms with Crippen LogP contribution in [-0.4, -0.2) is 19.9 Å². The highest BCUT2D eigenvalue weighted by Gasteiger charge is 2.24. The number of aromatic amines is 2. The molecule has 246 valence electrons. The van der Waals surface area contributed by atoms with Crippen molar-refractivity contribution in [1.82, 2.24) is 19.9 Å². The van der Waals surface area contributed by atoms with Gasteiger partial charge < -0.3 is 9.97 Å². The van der Waals surface area contributed by atoms with Crippen LogP contribution < -0.4 is 0 Å². The Balaban J connectivity index is 1.46. The van der Waals surface area contributed by atoms with E-state index in [2.05, 4.69) is 135 Å². The van der Waals surface area contributed by atoms with Gasteiger partial charge in [-0.1, -0.05) is 99.5 Å². The Morgan fingerprint density at radius 1 is 0.480 bits per heavy atom. The zero-order chi connectivity index (χ0) is 33.9. The van der Waals surface area contributed by atoms with E-state index < -0.39 is 0 Å². The van der Waals surface area contributed by atoms with Crippen LogP contribution in [-0.2, 0) is 12.8 Å². The largest absolute Gasteiger partial charge is 0.355 e. The van der Waals surface area contributed by atoms with Crippen molar-refractivity contribution in [2.75, 3.05) is 0 Å². The number of rotatable bonds is 6. The summed E-state index contributed by atoms with van der Waals surface area (Å²) in [5.41, 5.74) is 18.6. The number of nitrogens with one attached hydrogen (secondary N) is 2. The molecule has 8 bridgehead atoms. The fourth-order valence-corrected chi connectivity index (χ4v) is 8.23. The molecule has 0 unspecified atom stereocenters. The Bertz CT molecular complexity index is 2470. The summed E-state index contributed by atoms with van der Waals surface area (Å²) in [7, 11) is 0. The molecule has 4 nitrogen and oxygen atoms in total. The Hall–Kier alpha value is -5.48. The third-order valence-corrected chi connectivity index (χ3v) is 11.0. The van der Waals surface area contributed by atoms with Crippen molar-refractivity contribution in [3.63, 3.8) is 0 Å². The summed E-state index contributed by atoms with van der Waals surface area (Å²) < 4.78 is 0. The number of aryl methyl sites for hydroxylation is 4. The molecule has 3 aromatic heterocycles. The second-order valence-corrected chi connectivity index (χ2v) is 14.1. The Morgan fingerprint density at radius 3 is 1.40 bits per heavy atom. The molecule has 7 aromatic rings. The second-order valence-electron chi connectivity index (χ2n) is 14.1. The number of benzene rings is 4. The van der Waals surface area contributed by atoms with Crippen LogP contribution in [0.5, 0.6) is 0 Å². The lowest BCUT2D eigenvalue weighted by molar-refractivity contribution is 0.796. The molecule has 2 N–H and O–H groups in total. The number of aromatic nitrogens is 4. The number of fused-ring (bicyclic) bond motifs is 18. The van der Waals surface area contributed by atoms with Crippen LogP contribution in [0.25, 0.3) is 88.6 Å². The number of hydrogen-bond acceptors (Lipinski definition) is 2. The molecule has 50 heavy (non-hydrogen) atoms. The highest BCUT2D eigenvalue weighted by atomic mass is 14.8. The number of nitrogens with zero attached hydrogens (tertiary/aromatic N) is 2. The van der Waals surface area contributed by atoms with E-state index in [-0.39, 0.29) is 0 Å².